The lowest BCUT2D eigenvalue weighted by atomic mass is 10.2. The third kappa shape index (κ3) is 12.3. The topological polar surface area (TPSA) is 33.7 Å². The standard InChI is InChI=1S/C14H32N2O2/c1-6-16(7-2)10-8-15-9-11-17-12-13-18-14(3,4)5/h15H,6-13H2,1-5H3. The van der Waals surface area contributed by atoms with Crippen LogP contribution in [0.4, 0.5) is 0 Å². The van der Waals surface area contributed by atoms with Crippen LogP contribution in [0.2, 0.25) is 0 Å². The highest BCUT2D eigenvalue weighted by Gasteiger charge is 2.08. The first-order valence-electron chi connectivity index (χ1n) is 7.14. The van der Waals surface area contributed by atoms with Gasteiger partial charge in [-0.2, -0.15) is 0 Å². The van der Waals surface area contributed by atoms with Gasteiger partial charge in [-0.25, -0.2) is 0 Å². The predicted molar refractivity (Wildman–Crippen MR) is 77.2 cm³/mol. The van der Waals surface area contributed by atoms with E-state index in [1.807, 2.05) is 0 Å². The first-order chi connectivity index (χ1) is 8.49. The van der Waals surface area contributed by atoms with Gasteiger partial charge in [-0.05, 0) is 33.9 Å². The van der Waals surface area contributed by atoms with Gasteiger partial charge in [0.2, 0.25) is 0 Å². The Bertz CT molecular complexity index is 177. The zero-order chi connectivity index (χ0) is 13.9. The normalized spacial score (nSPS) is 12.3. The SMILES string of the molecule is CCN(CC)CCNCCOCCOC(C)(C)C. The van der Waals surface area contributed by atoms with Gasteiger partial charge >= 0.3 is 0 Å². The molecule has 0 aliphatic carbocycles. The van der Waals surface area contributed by atoms with Crippen LogP contribution in [0, 0.1) is 0 Å². The molecule has 18 heavy (non-hydrogen) atoms. The zero-order valence-corrected chi connectivity index (χ0v) is 12.9. The van der Waals surface area contributed by atoms with Crippen LogP contribution in [0.3, 0.4) is 0 Å². The van der Waals surface area contributed by atoms with Crippen LogP contribution in [-0.4, -0.2) is 63.0 Å². The van der Waals surface area contributed by atoms with E-state index in [4.69, 9.17) is 9.47 Å². The molecule has 110 valence electrons. The Hall–Kier alpha value is -0.160. The van der Waals surface area contributed by atoms with E-state index in [1.54, 1.807) is 0 Å². The molecule has 0 aromatic carbocycles. The van der Waals surface area contributed by atoms with Gasteiger partial charge < -0.3 is 19.7 Å². The monoisotopic (exact) mass is 260 g/mol. The average molecular weight is 260 g/mol. The van der Waals surface area contributed by atoms with E-state index in [0.717, 1.165) is 39.3 Å². The van der Waals surface area contributed by atoms with Crippen LogP contribution >= 0.6 is 0 Å². The molecule has 1 N–H and O–H groups in total. The fourth-order valence-corrected chi connectivity index (χ4v) is 1.56. The molecule has 0 fully saturated rings. The minimum atomic E-state index is -0.0641. The van der Waals surface area contributed by atoms with Gasteiger partial charge in [-0.3, -0.25) is 0 Å². The van der Waals surface area contributed by atoms with Gasteiger partial charge in [-0.15, -0.1) is 0 Å². The average Bonchev–Trinajstić information content (AvgIpc) is 2.30. The van der Waals surface area contributed by atoms with Gasteiger partial charge in [0.05, 0.1) is 25.4 Å². The Balaban J connectivity index is 3.17. The van der Waals surface area contributed by atoms with E-state index < -0.39 is 0 Å². The Morgan fingerprint density at radius 2 is 1.61 bits per heavy atom. The Morgan fingerprint density at radius 3 is 2.17 bits per heavy atom. The third-order valence-electron chi connectivity index (χ3n) is 2.69. The van der Waals surface area contributed by atoms with E-state index in [9.17, 15) is 0 Å². The molecule has 0 heterocycles. The van der Waals surface area contributed by atoms with Crippen molar-refractivity contribution in [3.05, 3.63) is 0 Å². The number of ether oxygens (including phenoxy) is 2. The molecule has 4 nitrogen and oxygen atoms in total. The van der Waals surface area contributed by atoms with Crippen LogP contribution in [0.1, 0.15) is 34.6 Å². The van der Waals surface area contributed by atoms with Gasteiger partial charge in [0.15, 0.2) is 0 Å². The summed E-state index contributed by atoms with van der Waals surface area (Å²) in [6, 6.07) is 0. The smallest absolute Gasteiger partial charge is 0.0707 e. The second kappa shape index (κ2) is 10.7. The molecule has 4 heteroatoms. The third-order valence-corrected chi connectivity index (χ3v) is 2.69. The largest absolute Gasteiger partial charge is 0.378 e. The van der Waals surface area contributed by atoms with E-state index in [2.05, 4.69) is 44.8 Å². The van der Waals surface area contributed by atoms with E-state index in [1.165, 1.54) is 0 Å². The highest BCUT2D eigenvalue weighted by atomic mass is 16.5. The Labute approximate surface area is 113 Å². The van der Waals surface area contributed by atoms with Gasteiger partial charge in [-0.1, -0.05) is 13.8 Å². The first-order valence-corrected chi connectivity index (χ1v) is 7.14. The highest BCUT2D eigenvalue weighted by molar-refractivity contribution is 4.58. The quantitative estimate of drug-likeness (QED) is 0.574. The zero-order valence-electron chi connectivity index (χ0n) is 12.9. The first kappa shape index (κ1) is 17.8. The summed E-state index contributed by atoms with van der Waals surface area (Å²) in [6.45, 7) is 18.0. The fourth-order valence-electron chi connectivity index (χ4n) is 1.56. The number of hydrogen-bond donors (Lipinski definition) is 1. The number of hydrogen-bond acceptors (Lipinski definition) is 4. The second-order valence-electron chi connectivity index (χ2n) is 5.35. The molecule has 0 atom stereocenters. The lowest BCUT2D eigenvalue weighted by molar-refractivity contribution is -0.0343. The molecule has 0 spiro atoms. The van der Waals surface area contributed by atoms with Crippen LogP contribution in [-0.2, 0) is 9.47 Å². The maximum atomic E-state index is 5.57. The van der Waals surface area contributed by atoms with Crippen molar-refractivity contribution in [2.24, 2.45) is 0 Å². The van der Waals surface area contributed by atoms with Crippen molar-refractivity contribution in [1.82, 2.24) is 10.2 Å². The summed E-state index contributed by atoms with van der Waals surface area (Å²) in [7, 11) is 0. The van der Waals surface area contributed by atoms with Crippen LogP contribution in [0.15, 0.2) is 0 Å². The van der Waals surface area contributed by atoms with Crippen molar-refractivity contribution in [3.8, 4) is 0 Å². The van der Waals surface area contributed by atoms with Crippen molar-refractivity contribution in [3.63, 3.8) is 0 Å². The number of nitrogens with one attached hydrogen (secondary N) is 1. The molecule has 0 aliphatic heterocycles. The fraction of sp³-hybridized carbons (Fsp3) is 1.00. The molecule has 0 bridgehead atoms. The molecular formula is C14H32N2O2. The van der Waals surface area contributed by atoms with E-state index in [0.29, 0.717) is 13.2 Å². The molecule has 0 saturated heterocycles. The molecular weight excluding hydrogens is 228 g/mol. The lowest BCUT2D eigenvalue weighted by Gasteiger charge is -2.19. The van der Waals surface area contributed by atoms with Crippen LogP contribution in [0.5, 0.6) is 0 Å². The van der Waals surface area contributed by atoms with Crippen molar-refractivity contribution in [1.29, 1.82) is 0 Å². The Morgan fingerprint density at radius 1 is 0.944 bits per heavy atom. The highest BCUT2D eigenvalue weighted by Crippen LogP contribution is 2.05. The second-order valence-corrected chi connectivity index (χ2v) is 5.35. The predicted octanol–water partition coefficient (Wildman–Crippen LogP) is 1.75. The molecule has 0 aliphatic rings. The van der Waals surface area contributed by atoms with Crippen LogP contribution < -0.4 is 5.32 Å². The molecule has 0 radical (unpaired) electrons. The molecule has 0 unspecified atom stereocenters. The van der Waals surface area contributed by atoms with E-state index in [-0.39, 0.29) is 5.60 Å². The molecule has 0 aromatic heterocycles. The maximum absolute atomic E-state index is 5.57. The number of nitrogens with zero attached hydrogens (tertiary/aromatic N) is 1. The van der Waals surface area contributed by atoms with Crippen molar-refractivity contribution < 1.29 is 9.47 Å². The molecule has 0 rings (SSSR count). The summed E-state index contributed by atoms with van der Waals surface area (Å²) in [5.41, 5.74) is -0.0641. The summed E-state index contributed by atoms with van der Waals surface area (Å²) in [5.74, 6) is 0. The van der Waals surface area contributed by atoms with Gasteiger partial charge in [0.1, 0.15) is 0 Å². The van der Waals surface area contributed by atoms with Crippen LogP contribution in [0.25, 0.3) is 0 Å². The summed E-state index contributed by atoms with van der Waals surface area (Å²) >= 11 is 0. The number of likely N-dealkylation sites (N-methyl/N-ethyl adjacent to an activating group) is 1. The maximum Gasteiger partial charge on any atom is 0.0707 e. The van der Waals surface area contributed by atoms with Crippen molar-refractivity contribution in [2.75, 3.05) is 52.5 Å². The van der Waals surface area contributed by atoms with Gasteiger partial charge in [0, 0.05) is 19.6 Å². The molecule has 0 aromatic rings. The van der Waals surface area contributed by atoms with Gasteiger partial charge in [0.25, 0.3) is 0 Å². The minimum Gasteiger partial charge on any atom is -0.378 e. The van der Waals surface area contributed by atoms with Crippen molar-refractivity contribution in [2.45, 2.75) is 40.2 Å². The minimum absolute atomic E-state index is 0.0641. The Kier molecular flexibility index (Phi) is 10.6. The molecule has 0 amide bonds. The van der Waals surface area contributed by atoms with E-state index >= 15 is 0 Å². The summed E-state index contributed by atoms with van der Waals surface area (Å²) in [4.78, 5) is 2.41. The summed E-state index contributed by atoms with van der Waals surface area (Å²) < 4.78 is 11.1. The number of rotatable bonds is 11. The van der Waals surface area contributed by atoms with Crippen molar-refractivity contribution >= 4 is 0 Å². The lowest BCUT2D eigenvalue weighted by Crippen LogP contribution is -2.33. The molecule has 0 saturated carbocycles. The summed E-state index contributed by atoms with van der Waals surface area (Å²) in [5, 5.41) is 3.38. The summed E-state index contributed by atoms with van der Waals surface area (Å²) in [6.07, 6.45) is 0.